The molecular weight excluding hydrogens is 358 g/mol. The van der Waals surface area contributed by atoms with Gasteiger partial charge in [-0.1, -0.05) is 23.3 Å². The van der Waals surface area contributed by atoms with Crippen molar-refractivity contribution in [3.05, 3.63) is 46.1 Å². The summed E-state index contributed by atoms with van der Waals surface area (Å²) in [6, 6.07) is 5.33. The van der Waals surface area contributed by atoms with E-state index in [0.29, 0.717) is 17.1 Å². The number of nitrogen functional groups attached to an aromatic ring is 1. The third-order valence-electron chi connectivity index (χ3n) is 5.19. The molecule has 0 amide bonds. The van der Waals surface area contributed by atoms with Gasteiger partial charge in [-0.2, -0.15) is 0 Å². The predicted molar refractivity (Wildman–Crippen MR) is 101 cm³/mol. The predicted octanol–water partition coefficient (Wildman–Crippen LogP) is 2.99. The highest BCUT2D eigenvalue weighted by Crippen LogP contribution is 2.47. The SMILES string of the molecule is CC1=C[C@@H]2Cc3nc4cc(Cl)ccc4c(N)c3[C@@H](C1)[C@@H]2NS(C)(=O)=O. The lowest BCUT2D eigenvalue weighted by Crippen LogP contribution is -2.48. The Morgan fingerprint density at radius 2 is 2.08 bits per heavy atom. The number of allylic oxidation sites excluding steroid dienone is 1. The number of hydrogen-bond donors (Lipinski definition) is 2. The van der Waals surface area contributed by atoms with E-state index in [-0.39, 0.29) is 17.9 Å². The van der Waals surface area contributed by atoms with Crippen LogP contribution in [0, 0.1) is 5.92 Å². The van der Waals surface area contributed by atoms with E-state index in [1.165, 1.54) is 11.8 Å². The van der Waals surface area contributed by atoms with Crippen LogP contribution in [-0.4, -0.2) is 25.7 Å². The lowest BCUT2D eigenvalue weighted by molar-refractivity contribution is 0.340. The molecule has 2 aliphatic rings. The van der Waals surface area contributed by atoms with Crippen LogP contribution in [0.5, 0.6) is 0 Å². The van der Waals surface area contributed by atoms with Gasteiger partial charge >= 0.3 is 0 Å². The maximum absolute atomic E-state index is 11.9. The number of anilines is 1. The Balaban J connectivity index is 1.92. The van der Waals surface area contributed by atoms with Gasteiger partial charge in [-0.05, 0) is 43.9 Å². The van der Waals surface area contributed by atoms with Gasteiger partial charge in [-0.25, -0.2) is 13.1 Å². The van der Waals surface area contributed by atoms with E-state index in [0.717, 1.165) is 28.6 Å². The van der Waals surface area contributed by atoms with Crippen molar-refractivity contribution >= 4 is 38.2 Å². The number of halogens is 1. The number of aromatic nitrogens is 1. The number of nitrogens with one attached hydrogen (secondary N) is 1. The Morgan fingerprint density at radius 3 is 2.80 bits per heavy atom. The largest absolute Gasteiger partial charge is 0.398 e. The molecule has 0 fully saturated rings. The number of nitrogens with zero attached hydrogens (tertiary/aromatic N) is 1. The number of nitrogens with two attached hydrogens (primary N) is 1. The highest BCUT2D eigenvalue weighted by Gasteiger charge is 2.42. The van der Waals surface area contributed by atoms with Crippen LogP contribution in [0.25, 0.3) is 10.9 Å². The first-order chi connectivity index (χ1) is 11.7. The molecule has 0 aliphatic heterocycles. The molecule has 0 saturated carbocycles. The molecule has 2 aromatic rings. The first-order valence-corrected chi connectivity index (χ1v) is 10.5. The number of sulfonamides is 1. The van der Waals surface area contributed by atoms with E-state index < -0.39 is 10.0 Å². The molecular formula is C18H20ClN3O2S. The van der Waals surface area contributed by atoms with Gasteiger partial charge in [0.15, 0.2) is 0 Å². The van der Waals surface area contributed by atoms with Crippen LogP contribution in [0.3, 0.4) is 0 Å². The Kier molecular flexibility index (Phi) is 3.83. The summed E-state index contributed by atoms with van der Waals surface area (Å²) in [6.07, 6.45) is 4.83. The van der Waals surface area contributed by atoms with Crippen molar-refractivity contribution in [2.75, 3.05) is 12.0 Å². The quantitative estimate of drug-likeness (QED) is 0.788. The van der Waals surface area contributed by atoms with Crippen molar-refractivity contribution in [1.29, 1.82) is 0 Å². The van der Waals surface area contributed by atoms with Crippen LogP contribution in [0.2, 0.25) is 5.02 Å². The zero-order valence-electron chi connectivity index (χ0n) is 14.1. The van der Waals surface area contributed by atoms with Crippen LogP contribution in [0.1, 0.15) is 30.5 Å². The molecule has 25 heavy (non-hydrogen) atoms. The summed E-state index contributed by atoms with van der Waals surface area (Å²) in [7, 11) is -3.30. The van der Waals surface area contributed by atoms with Gasteiger partial charge in [-0.3, -0.25) is 4.98 Å². The van der Waals surface area contributed by atoms with Gasteiger partial charge in [0.05, 0.1) is 11.8 Å². The first kappa shape index (κ1) is 16.8. The molecule has 2 aliphatic carbocycles. The molecule has 0 radical (unpaired) electrons. The third-order valence-corrected chi connectivity index (χ3v) is 6.13. The normalized spacial score (nSPS) is 25.6. The van der Waals surface area contributed by atoms with Crippen molar-refractivity contribution < 1.29 is 8.42 Å². The average Bonchev–Trinajstić information content (AvgIpc) is 2.47. The topological polar surface area (TPSA) is 85.1 Å². The summed E-state index contributed by atoms with van der Waals surface area (Å²) in [4.78, 5) is 4.80. The Morgan fingerprint density at radius 1 is 1.32 bits per heavy atom. The van der Waals surface area contributed by atoms with E-state index in [9.17, 15) is 8.42 Å². The van der Waals surface area contributed by atoms with Crippen LogP contribution in [0.4, 0.5) is 5.69 Å². The van der Waals surface area contributed by atoms with Gasteiger partial charge in [0.2, 0.25) is 10.0 Å². The average molecular weight is 378 g/mol. The maximum Gasteiger partial charge on any atom is 0.208 e. The number of rotatable bonds is 2. The van der Waals surface area contributed by atoms with E-state index in [1.807, 2.05) is 12.1 Å². The molecule has 2 bridgehead atoms. The Labute approximate surface area is 152 Å². The molecule has 0 saturated heterocycles. The van der Waals surface area contributed by atoms with Crippen molar-refractivity contribution in [3.63, 3.8) is 0 Å². The Hall–Kier alpha value is -1.63. The molecule has 1 heterocycles. The van der Waals surface area contributed by atoms with E-state index in [4.69, 9.17) is 22.3 Å². The second kappa shape index (κ2) is 5.69. The van der Waals surface area contributed by atoms with Crippen molar-refractivity contribution in [3.8, 4) is 0 Å². The zero-order valence-corrected chi connectivity index (χ0v) is 15.7. The number of benzene rings is 1. The number of fused-ring (bicyclic) bond motifs is 5. The summed E-state index contributed by atoms with van der Waals surface area (Å²) in [5, 5.41) is 1.50. The van der Waals surface area contributed by atoms with Crippen LogP contribution < -0.4 is 10.5 Å². The highest BCUT2D eigenvalue weighted by molar-refractivity contribution is 7.88. The minimum Gasteiger partial charge on any atom is -0.398 e. The smallest absolute Gasteiger partial charge is 0.208 e. The number of hydrogen-bond acceptors (Lipinski definition) is 4. The second-order valence-corrected chi connectivity index (χ2v) is 9.37. The summed E-state index contributed by atoms with van der Waals surface area (Å²) in [5.41, 5.74) is 11.2. The van der Waals surface area contributed by atoms with Crippen molar-refractivity contribution in [2.24, 2.45) is 5.92 Å². The molecule has 3 atom stereocenters. The summed E-state index contributed by atoms with van der Waals surface area (Å²) < 4.78 is 26.6. The van der Waals surface area contributed by atoms with Crippen LogP contribution in [0.15, 0.2) is 29.8 Å². The van der Waals surface area contributed by atoms with Gasteiger partial charge in [-0.15, -0.1) is 0 Å². The molecule has 1 aromatic heterocycles. The minimum atomic E-state index is -3.30. The fourth-order valence-electron chi connectivity index (χ4n) is 4.32. The highest BCUT2D eigenvalue weighted by atomic mass is 35.5. The standard InChI is InChI=1S/C18H20ClN3O2S/c1-9-5-10-7-15-16(13(6-9)18(10)22-25(2,23)24)17(20)12-4-3-11(19)8-14(12)21-15/h3-5,8,10,13,18,22H,6-7H2,1-2H3,(H2,20,21)/t10-,13-,18-/m1/s1. The summed E-state index contributed by atoms with van der Waals surface area (Å²) in [6.45, 7) is 2.09. The molecule has 132 valence electrons. The number of pyridine rings is 1. The molecule has 0 unspecified atom stereocenters. The third kappa shape index (κ3) is 2.92. The zero-order chi connectivity index (χ0) is 17.9. The summed E-state index contributed by atoms with van der Waals surface area (Å²) in [5.74, 6) is 0.0885. The second-order valence-electron chi connectivity index (χ2n) is 7.15. The molecule has 0 spiro atoms. The monoisotopic (exact) mass is 377 g/mol. The molecule has 1 aromatic carbocycles. The van der Waals surface area contributed by atoms with E-state index in [2.05, 4.69) is 17.7 Å². The van der Waals surface area contributed by atoms with Crippen LogP contribution >= 0.6 is 11.6 Å². The molecule has 5 nitrogen and oxygen atoms in total. The Bertz CT molecular complexity index is 1020. The minimum absolute atomic E-state index is 0.000975. The lowest BCUT2D eigenvalue weighted by Gasteiger charge is -2.42. The molecule has 7 heteroatoms. The fraction of sp³-hybridized carbons (Fsp3) is 0.389. The summed E-state index contributed by atoms with van der Waals surface area (Å²) >= 11 is 6.10. The fourth-order valence-corrected chi connectivity index (χ4v) is 5.32. The van der Waals surface area contributed by atoms with Crippen molar-refractivity contribution in [2.45, 2.75) is 31.7 Å². The maximum atomic E-state index is 11.9. The van der Waals surface area contributed by atoms with Gasteiger partial charge in [0.1, 0.15) is 0 Å². The van der Waals surface area contributed by atoms with Gasteiger partial charge < -0.3 is 5.73 Å². The van der Waals surface area contributed by atoms with Crippen LogP contribution in [-0.2, 0) is 16.4 Å². The van der Waals surface area contributed by atoms with E-state index in [1.54, 1.807) is 6.07 Å². The molecule has 3 N–H and O–H groups in total. The lowest BCUT2D eigenvalue weighted by atomic mass is 9.68. The van der Waals surface area contributed by atoms with E-state index >= 15 is 0 Å². The van der Waals surface area contributed by atoms with Gasteiger partial charge in [0.25, 0.3) is 0 Å². The first-order valence-electron chi connectivity index (χ1n) is 8.25. The van der Waals surface area contributed by atoms with Gasteiger partial charge in [0, 0.05) is 39.3 Å². The molecule has 4 rings (SSSR count). The van der Waals surface area contributed by atoms with Crippen molar-refractivity contribution in [1.82, 2.24) is 9.71 Å².